The molecule has 2 unspecified atom stereocenters. The minimum Gasteiger partial charge on any atom is -0.331 e. The van der Waals surface area contributed by atoms with Crippen molar-refractivity contribution >= 4 is 21.6 Å². The van der Waals surface area contributed by atoms with Crippen molar-refractivity contribution in [3.8, 4) is 0 Å². The maximum absolute atomic E-state index is 13.0. The molecule has 2 atom stereocenters. The van der Waals surface area contributed by atoms with Gasteiger partial charge in [0.2, 0.25) is 0 Å². The number of carbonyl (C=O) groups is 1. The summed E-state index contributed by atoms with van der Waals surface area (Å²) in [6.07, 6.45) is 3.04. The highest BCUT2D eigenvalue weighted by atomic mass is 32.2. The molecule has 0 radical (unpaired) electrons. The molecule has 2 heterocycles. The summed E-state index contributed by atoms with van der Waals surface area (Å²) in [4.78, 5) is 15.2. The first-order valence-electron chi connectivity index (χ1n) is 9.67. The second-order valence-corrected chi connectivity index (χ2v) is 9.22. The molecular formula is C21H25N3O3S. The zero-order valence-corrected chi connectivity index (χ0v) is 16.7. The Kier molecular flexibility index (Phi) is 5.12. The second kappa shape index (κ2) is 7.56. The summed E-state index contributed by atoms with van der Waals surface area (Å²) in [6, 6.07) is 14.0. The standard InChI is InChI=1S/C21H25N3O3S/c1-15-4-2-3-5-20(15)23-28(26,27)19-10-6-16(7-11-19)21(25)24-17-8-9-18(24)14-22-13-12-17/h2-7,10-11,17-18,22-23H,8-9,12-14H2,1H3. The highest BCUT2D eigenvalue weighted by molar-refractivity contribution is 7.92. The lowest BCUT2D eigenvalue weighted by molar-refractivity contribution is 0.0680. The molecule has 0 aliphatic carbocycles. The molecular weight excluding hydrogens is 374 g/mol. The van der Waals surface area contributed by atoms with E-state index in [4.69, 9.17) is 0 Å². The Bertz CT molecular complexity index is 959. The summed E-state index contributed by atoms with van der Waals surface area (Å²) in [5.74, 6) is -0.00740. The minimum absolute atomic E-state index is 0.00740. The van der Waals surface area contributed by atoms with Crippen LogP contribution in [0.3, 0.4) is 0 Å². The van der Waals surface area contributed by atoms with Crippen molar-refractivity contribution in [1.29, 1.82) is 0 Å². The molecule has 2 fully saturated rings. The lowest BCUT2D eigenvalue weighted by atomic mass is 10.1. The predicted molar refractivity (Wildman–Crippen MR) is 109 cm³/mol. The SMILES string of the molecule is Cc1ccccc1NS(=O)(=O)c1ccc(C(=O)N2C3CCNCC2CC3)cc1. The lowest BCUT2D eigenvalue weighted by Gasteiger charge is -2.28. The molecule has 1 amide bonds. The van der Waals surface area contributed by atoms with E-state index >= 15 is 0 Å². The van der Waals surface area contributed by atoms with Gasteiger partial charge in [-0.25, -0.2) is 8.42 Å². The quantitative estimate of drug-likeness (QED) is 0.829. The molecule has 6 nitrogen and oxygen atoms in total. The van der Waals surface area contributed by atoms with Crippen molar-refractivity contribution in [2.45, 2.75) is 43.2 Å². The molecule has 28 heavy (non-hydrogen) atoms. The summed E-state index contributed by atoms with van der Waals surface area (Å²) in [5, 5.41) is 3.39. The topological polar surface area (TPSA) is 78.5 Å². The average Bonchev–Trinajstić information content (AvgIpc) is 2.95. The van der Waals surface area contributed by atoms with E-state index in [2.05, 4.69) is 10.0 Å². The molecule has 7 heteroatoms. The number of sulfonamides is 1. The Hall–Kier alpha value is -2.38. The molecule has 2 aromatic rings. The number of aryl methyl sites for hydroxylation is 1. The molecule has 2 bridgehead atoms. The van der Waals surface area contributed by atoms with Crippen LogP contribution >= 0.6 is 0 Å². The summed E-state index contributed by atoms with van der Waals surface area (Å²) < 4.78 is 28.0. The van der Waals surface area contributed by atoms with Crippen molar-refractivity contribution in [3.05, 3.63) is 59.7 Å². The summed E-state index contributed by atoms with van der Waals surface area (Å²) in [7, 11) is -3.70. The monoisotopic (exact) mass is 399 g/mol. The van der Waals surface area contributed by atoms with Crippen LogP contribution in [0.2, 0.25) is 0 Å². The van der Waals surface area contributed by atoms with Crippen LogP contribution < -0.4 is 10.0 Å². The van der Waals surface area contributed by atoms with Crippen LogP contribution in [-0.2, 0) is 10.0 Å². The fraction of sp³-hybridized carbons (Fsp3) is 0.381. The van der Waals surface area contributed by atoms with E-state index in [1.807, 2.05) is 24.0 Å². The fourth-order valence-corrected chi connectivity index (χ4v) is 5.26. The zero-order chi connectivity index (χ0) is 19.7. The Labute approximate surface area is 166 Å². The predicted octanol–water partition coefficient (Wildman–Crippen LogP) is 2.76. The van der Waals surface area contributed by atoms with Crippen molar-refractivity contribution < 1.29 is 13.2 Å². The van der Waals surface area contributed by atoms with Gasteiger partial charge in [-0.15, -0.1) is 0 Å². The fourth-order valence-electron chi connectivity index (χ4n) is 4.13. The largest absolute Gasteiger partial charge is 0.331 e. The van der Waals surface area contributed by atoms with Crippen LogP contribution in [0.1, 0.15) is 35.2 Å². The van der Waals surface area contributed by atoms with Crippen LogP contribution in [0, 0.1) is 6.92 Å². The maximum atomic E-state index is 13.0. The van der Waals surface area contributed by atoms with Crippen molar-refractivity contribution in [3.63, 3.8) is 0 Å². The van der Waals surface area contributed by atoms with E-state index in [1.165, 1.54) is 12.1 Å². The minimum atomic E-state index is -3.70. The number of anilines is 1. The Balaban J connectivity index is 1.53. The van der Waals surface area contributed by atoms with Crippen molar-refractivity contribution in [1.82, 2.24) is 10.2 Å². The summed E-state index contributed by atoms with van der Waals surface area (Å²) in [5.41, 5.74) is 1.94. The van der Waals surface area contributed by atoms with Gasteiger partial charge < -0.3 is 10.2 Å². The molecule has 0 spiro atoms. The second-order valence-electron chi connectivity index (χ2n) is 7.54. The van der Waals surface area contributed by atoms with Gasteiger partial charge in [0.25, 0.3) is 15.9 Å². The number of rotatable bonds is 4. The number of benzene rings is 2. The molecule has 2 saturated heterocycles. The number of nitrogens with one attached hydrogen (secondary N) is 2. The van der Waals surface area contributed by atoms with Crippen LogP contribution in [0.4, 0.5) is 5.69 Å². The van der Waals surface area contributed by atoms with Crippen LogP contribution in [0.15, 0.2) is 53.4 Å². The van der Waals surface area contributed by atoms with Crippen LogP contribution in [-0.4, -0.2) is 44.4 Å². The van der Waals surface area contributed by atoms with E-state index in [0.717, 1.165) is 37.9 Å². The van der Waals surface area contributed by atoms with E-state index in [9.17, 15) is 13.2 Å². The Morgan fingerprint density at radius 3 is 2.50 bits per heavy atom. The van der Waals surface area contributed by atoms with Crippen molar-refractivity contribution in [2.75, 3.05) is 17.8 Å². The number of hydrogen-bond acceptors (Lipinski definition) is 4. The average molecular weight is 400 g/mol. The summed E-state index contributed by atoms with van der Waals surface area (Å²) >= 11 is 0. The number of nitrogens with zero attached hydrogens (tertiary/aromatic N) is 1. The third-order valence-corrected chi connectivity index (χ3v) is 7.07. The molecule has 0 saturated carbocycles. The lowest BCUT2D eigenvalue weighted by Crippen LogP contribution is -2.42. The molecule has 2 aromatic carbocycles. The van der Waals surface area contributed by atoms with E-state index < -0.39 is 10.0 Å². The number of para-hydroxylation sites is 1. The van der Waals surface area contributed by atoms with Gasteiger partial charge in [-0.3, -0.25) is 9.52 Å². The molecule has 2 aliphatic heterocycles. The first-order valence-corrected chi connectivity index (χ1v) is 11.2. The third-order valence-electron chi connectivity index (χ3n) is 5.69. The zero-order valence-electron chi connectivity index (χ0n) is 15.9. The van der Waals surface area contributed by atoms with E-state index in [0.29, 0.717) is 11.3 Å². The van der Waals surface area contributed by atoms with Crippen molar-refractivity contribution in [2.24, 2.45) is 0 Å². The van der Waals surface area contributed by atoms with Crippen LogP contribution in [0.5, 0.6) is 0 Å². The smallest absolute Gasteiger partial charge is 0.261 e. The van der Waals surface area contributed by atoms with Crippen LogP contribution in [0.25, 0.3) is 0 Å². The van der Waals surface area contributed by atoms with Gasteiger partial charge in [0.1, 0.15) is 0 Å². The molecule has 148 valence electrons. The molecule has 4 rings (SSSR count). The van der Waals surface area contributed by atoms with Gasteiger partial charge in [0.15, 0.2) is 0 Å². The number of amides is 1. The van der Waals surface area contributed by atoms with Gasteiger partial charge in [0.05, 0.1) is 10.6 Å². The molecule has 2 aliphatic rings. The van der Waals surface area contributed by atoms with Gasteiger partial charge in [-0.2, -0.15) is 0 Å². The maximum Gasteiger partial charge on any atom is 0.261 e. The van der Waals surface area contributed by atoms with Gasteiger partial charge in [0, 0.05) is 24.2 Å². The highest BCUT2D eigenvalue weighted by Crippen LogP contribution is 2.30. The van der Waals surface area contributed by atoms with E-state index in [1.54, 1.807) is 24.3 Å². The highest BCUT2D eigenvalue weighted by Gasteiger charge is 2.38. The summed E-state index contributed by atoms with van der Waals surface area (Å²) in [6.45, 7) is 3.62. The third kappa shape index (κ3) is 3.64. The molecule has 2 N–H and O–H groups in total. The Morgan fingerprint density at radius 2 is 1.75 bits per heavy atom. The van der Waals surface area contributed by atoms with Gasteiger partial charge in [-0.05, 0) is 68.6 Å². The first-order chi connectivity index (χ1) is 13.5. The normalized spacial score (nSPS) is 22.0. The number of hydrogen-bond donors (Lipinski definition) is 2. The van der Waals surface area contributed by atoms with E-state index in [-0.39, 0.29) is 22.9 Å². The van der Waals surface area contributed by atoms with Gasteiger partial charge >= 0.3 is 0 Å². The van der Waals surface area contributed by atoms with Gasteiger partial charge in [-0.1, -0.05) is 18.2 Å². The number of carbonyl (C=O) groups excluding carboxylic acids is 1. The molecule has 0 aromatic heterocycles. The first kappa shape index (κ1) is 19.0. The Morgan fingerprint density at radius 1 is 1.04 bits per heavy atom. The number of fused-ring (bicyclic) bond motifs is 2.